The van der Waals surface area contributed by atoms with Gasteiger partial charge in [0, 0.05) is 0 Å². The fraction of sp³-hybridized carbons (Fsp3) is 0.462. The molecule has 0 heterocycles. The number of nitriles is 1. The molecule has 1 unspecified atom stereocenters. The predicted octanol–water partition coefficient (Wildman–Crippen LogP) is 3.84. The van der Waals surface area contributed by atoms with Crippen LogP contribution in [0.1, 0.15) is 32.8 Å². The third-order valence-corrected chi connectivity index (χ3v) is 1.79. The van der Waals surface area contributed by atoms with Crippen molar-refractivity contribution in [3.8, 4) is 11.8 Å². The summed E-state index contributed by atoms with van der Waals surface area (Å²) in [5.74, 6) is -0.173. The highest BCUT2D eigenvalue weighted by Gasteiger charge is 2.07. The lowest BCUT2D eigenvalue weighted by atomic mass is 10.2. The molecule has 0 aliphatic heterocycles. The van der Waals surface area contributed by atoms with Crippen molar-refractivity contribution in [1.29, 1.82) is 5.26 Å². The second-order valence-electron chi connectivity index (χ2n) is 3.22. The Morgan fingerprint density at radius 2 is 2.06 bits per heavy atom. The average Bonchev–Trinajstić information content (AvgIpc) is 2.27. The number of hydrogen-bond acceptors (Lipinski definition) is 2. The maximum Gasteiger partial charge on any atom is 0.165 e. The van der Waals surface area contributed by atoms with Gasteiger partial charge in [-0.1, -0.05) is 19.9 Å². The molecule has 0 fully saturated rings. The van der Waals surface area contributed by atoms with Crippen LogP contribution in [-0.2, 0) is 0 Å². The normalized spacial score (nSPS) is 10.8. The molecule has 3 heteroatoms. The minimum Gasteiger partial charge on any atom is -0.487 e. The van der Waals surface area contributed by atoms with Crippen molar-refractivity contribution in [3.63, 3.8) is 0 Å². The number of halogens is 1. The van der Waals surface area contributed by atoms with Crippen molar-refractivity contribution in [2.45, 2.75) is 40.2 Å². The zero-order chi connectivity index (χ0) is 12.6. The molecule has 1 aromatic carbocycles. The molecule has 0 aromatic heterocycles. The molecule has 0 N–H and O–H groups in total. The molecule has 1 aromatic rings. The number of aryl methyl sites for hydroxylation is 1. The van der Waals surface area contributed by atoms with Crippen LogP contribution in [0, 0.1) is 24.1 Å². The van der Waals surface area contributed by atoms with Crippen molar-refractivity contribution in [1.82, 2.24) is 0 Å². The number of rotatable bonds is 3. The number of benzene rings is 1. The molecule has 0 aliphatic carbocycles. The molecule has 0 radical (unpaired) electrons. The molecule has 0 aliphatic rings. The molecular weight excluding hydrogens is 205 g/mol. The van der Waals surface area contributed by atoms with E-state index in [1.807, 2.05) is 26.8 Å². The lowest BCUT2D eigenvalue weighted by Gasteiger charge is -2.12. The molecular formula is C13H18FNO. The molecule has 88 valence electrons. The monoisotopic (exact) mass is 223 g/mol. The maximum absolute atomic E-state index is 13.2. The first-order valence-corrected chi connectivity index (χ1v) is 5.43. The SMILES string of the molecule is CC.Cc1ccc(F)c(OC(C)CC#N)c1. The summed E-state index contributed by atoms with van der Waals surface area (Å²) in [7, 11) is 0. The van der Waals surface area contributed by atoms with Crippen LogP contribution >= 0.6 is 0 Å². The van der Waals surface area contributed by atoms with Crippen LogP contribution in [0.25, 0.3) is 0 Å². The Balaban J connectivity index is 0.00000106. The quantitative estimate of drug-likeness (QED) is 0.780. The Hall–Kier alpha value is -1.56. The van der Waals surface area contributed by atoms with Crippen molar-refractivity contribution in [2.24, 2.45) is 0 Å². The Morgan fingerprint density at radius 3 is 2.62 bits per heavy atom. The summed E-state index contributed by atoms with van der Waals surface area (Å²) < 4.78 is 18.4. The van der Waals surface area contributed by atoms with Crippen LogP contribution in [0.15, 0.2) is 18.2 Å². The van der Waals surface area contributed by atoms with E-state index in [4.69, 9.17) is 10.00 Å². The highest BCUT2D eigenvalue weighted by Crippen LogP contribution is 2.20. The fourth-order valence-electron chi connectivity index (χ4n) is 1.09. The minimum absolute atomic E-state index is 0.216. The van der Waals surface area contributed by atoms with Gasteiger partial charge in [0.25, 0.3) is 0 Å². The van der Waals surface area contributed by atoms with Gasteiger partial charge < -0.3 is 4.74 Å². The average molecular weight is 223 g/mol. The highest BCUT2D eigenvalue weighted by molar-refractivity contribution is 5.29. The molecule has 2 nitrogen and oxygen atoms in total. The van der Waals surface area contributed by atoms with Crippen molar-refractivity contribution >= 4 is 0 Å². The van der Waals surface area contributed by atoms with Crippen LogP contribution in [0.3, 0.4) is 0 Å². The van der Waals surface area contributed by atoms with E-state index >= 15 is 0 Å². The summed E-state index contributed by atoms with van der Waals surface area (Å²) in [4.78, 5) is 0. The third-order valence-electron chi connectivity index (χ3n) is 1.79. The van der Waals surface area contributed by atoms with E-state index in [1.165, 1.54) is 6.07 Å². The second-order valence-corrected chi connectivity index (χ2v) is 3.22. The van der Waals surface area contributed by atoms with Gasteiger partial charge in [0.1, 0.15) is 6.10 Å². The molecule has 0 saturated carbocycles. The number of ether oxygens (including phenoxy) is 1. The molecule has 0 bridgehead atoms. The Labute approximate surface area is 96.7 Å². The fourth-order valence-corrected chi connectivity index (χ4v) is 1.09. The van der Waals surface area contributed by atoms with Gasteiger partial charge in [-0.3, -0.25) is 0 Å². The minimum atomic E-state index is -0.389. The summed E-state index contributed by atoms with van der Waals surface area (Å²) >= 11 is 0. The summed E-state index contributed by atoms with van der Waals surface area (Å²) in [5, 5.41) is 8.41. The highest BCUT2D eigenvalue weighted by atomic mass is 19.1. The summed E-state index contributed by atoms with van der Waals surface area (Å²) in [6.07, 6.45) is -0.0239. The van der Waals surface area contributed by atoms with E-state index < -0.39 is 0 Å². The van der Waals surface area contributed by atoms with Gasteiger partial charge >= 0.3 is 0 Å². The lowest BCUT2D eigenvalue weighted by Crippen LogP contribution is -2.11. The van der Waals surface area contributed by atoms with Crippen LogP contribution in [0.2, 0.25) is 0 Å². The van der Waals surface area contributed by atoms with Crippen LogP contribution in [0.4, 0.5) is 4.39 Å². The molecule has 0 saturated heterocycles. The van der Waals surface area contributed by atoms with Gasteiger partial charge in [0.05, 0.1) is 12.5 Å². The topological polar surface area (TPSA) is 33.0 Å². The first-order chi connectivity index (χ1) is 7.63. The van der Waals surface area contributed by atoms with Gasteiger partial charge in [0.15, 0.2) is 11.6 Å². The van der Waals surface area contributed by atoms with Gasteiger partial charge in [-0.05, 0) is 31.5 Å². The van der Waals surface area contributed by atoms with Crippen LogP contribution in [-0.4, -0.2) is 6.10 Å². The zero-order valence-corrected chi connectivity index (χ0v) is 10.2. The molecule has 16 heavy (non-hydrogen) atoms. The summed E-state index contributed by atoms with van der Waals surface area (Å²) in [6, 6.07) is 6.65. The predicted molar refractivity (Wildman–Crippen MR) is 62.8 cm³/mol. The second kappa shape index (κ2) is 7.70. The van der Waals surface area contributed by atoms with E-state index in [9.17, 15) is 4.39 Å². The van der Waals surface area contributed by atoms with E-state index in [-0.39, 0.29) is 24.1 Å². The van der Waals surface area contributed by atoms with E-state index in [2.05, 4.69) is 0 Å². The molecule has 1 rings (SSSR count). The van der Waals surface area contributed by atoms with Gasteiger partial charge in [0.2, 0.25) is 0 Å². The van der Waals surface area contributed by atoms with E-state index in [0.29, 0.717) is 0 Å². The van der Waals surface area contributed by atoms with E-state index in [1.54, 1.807) is 19.1 Å². The Kier molecular flexibility index (Phi) is 6.95. The van der Waals surface area contributed by atoms with Crippen LogP contribution in [0.5, 0.6) is 5.75 Å². The third kappa shape index (κ3) is 4.79. The Morgan fingerprint density at radius 1 is 1.44 bits per heavy atom. The standard InChI is InChI=1S/C11H12FNO.C2H6/c1-8-3-4-10(12)11(7-8)14-9(2)5-6-13;1-2/h3-4,7,9H,5H2,1-2H3;1-2H3. The zero-order valence-electron chi connectivity index (χ0n) is 10.2. The van der Waals surface area contributed by atoms with Gasteiger partial charge in [-0.25, -0.2) is 4.39 Å². The number of nitrogens with zero attached hydrogens (tertiary/aromatic N) is 1. The first-order valence-electron chi connectivity index (χ1n) is 5.43. The molecule has 1 atom stereocenters. The lowest BCUT2D eigenvalue weighted by molar-refractivity contribution is 0.216. The number of hydrogen-bond donors (Lipinski definition) is 0. The smallest absolute Gasteiger partial charge is 0.165 e. The van der Waals surface area contributed by atoms with Crippen LogP contribution < -0.4 is 4.74 Å². The van der Waals surface area contributed by atoms with Crippen molar-refractivity contribution in [3.05, 3.63) is 29.6 Å². The largest absolute Gasteiger partial charge is 0.487 e. The molecule has 0 spiro atoms. The maximum atomic E-state index is 13.2. The Bertz CT molecular complexity index is 357. The molecule has 0 amide bonds. The van der Waals surface area contributed by atoms with E-state index in [0.717, 1.165) is 5.56 Å². The van der Waals surface area contributed by atoms with Gasteiger partial charge in [-0.15, -0.1) is 0 Å². The van der Waals surface area contributed by atoms with Gasteiger partial charge in [-0.2, -0.15) is 5.26 Å². The summed E-state index contributed by atoms with van der Waals surface area (Å²) in [5.41, 5.74) is 0.936. The van der Waals surface area contributed by atoms with Crippen molar-refractivity contribution < 1.29 is 9.13 Å². The first kappa shape index (κ1) is 14.4. The summed E-state index contributed by atoms with van der Waals surface area (Å²) in [6.45, 7) is 7.60. The van der Waals surface area contributed by atoms with Crippen molar-refractivity contribution in [2.75, 3.05) is 0 Å².